The summed E-state index contributed by atoms with van der Waals surface area (Å²) in [6, 6.07) is 5.08. The fourth-order valence-corrected chi connectivity index (χ4v) is 2.84. The molecule has 1 saturated heterocycles. The van der Waals surface area contributed by atoms with E-state index in [0.717, 1.165) is 25.5 Å². The molecule has 2 rings (SSSR count). The first kappa shape index (κ1) is 20.2. The van der Waals surface area contributed by atoms with E-state index in [1.165, 1.54) is 23.1 Å². The first-order valence-electron chi connectivity index (χ1n) is 8.56. The zero-order valence-corrected chi connectivity index (χ0v) is 14.4. The lowest BCUT2D eigenvalue weighted by atomic mass is 10.1. The fourth-order valence-electron chi connectivity index (χ4n) is 2.84. The Balaban J connectivity index is 1.77. The van der Waals surface area contributed by atoms with Crippen LogP contribution in [-0.4, -0.2) is 54.9 Å². The molecule has 1 aliphatic heterocycles. The van der Waals surface area contributed by atoms with Crippen molar-refractivity contribution in [2.45, 2.75) is 32.0 Å². The molecule has 1 fully saturated rings. The normalized spacial score (nSPS) is 15.7. The summed E-state index contributed by atoms with van der Waals surface area (Å²) in [6.07, 6.45) is -1.09. The number of hydrogen-bond acceptors (Lipinski definition) is 4. The van der Waals surface area contributed by atoms with Crippen molar-refractivity contribution in [3.8, 4) is 0 Å². The molecule has 0 unspecified atom stereocenters. The Bertz CT molecular complexity index is 600. The second-order valence-electron chi connectivity index (χ2n) is 6.14. The smallest absolute Gasteiger partial charge is 0.416 e. The predicted molar refractivity (Wildman–Crippen MR) is 89.2 cm³/mol. The van der Waals surface area contributed by atoms with Gasteiger partial charge in [-0.2, -0.15) is 13.2 Å². The average molecular weight is 371 g/mol. The Hall–Kier alpha value is -2.09. The maximum absolute atomic E-state index is 12.9. The Morgan fingerprint density at radius 1 is 1.12 bits per heavy atom. The average Bonchev–Trinajstić information content (AvgIpc) is 2.63. The highest BCUT2D eigenvalue weighted by atomic mass is 19.4. The van der Waals surface area contributed by atoms with E-state index in [9.17, 15) is 22.8 Å². The van der Waals surface area contributed by atoms with Crippen molar-refractivity contribution < 1.29 is 27.5 Å². The van der Waals surface area contributed by atoms with Crippen molar-refractivity contribution >= 4 is 12.4 Å². The third-order valence-electron chi connectivity index (χ3n) is 4.31. The fraction of sp³-hybridized carbons (Fsp3) is 0.556. The van der Waals surface area contributed by atoms with Gasteiger partial charge in [-0.05, 0) is 25.5 Å². The maximum atomic E-state index is 12.9. The quantitative estimate of drug-likeness (QED) is 0.691. The summed E-state index contributed by atoms with van der Waals surface area (Å²) in [5.74, 6) is 0. The highest BCUT2D eigenvalue weighted by Gasteiger charge is 2.33. The highest BCUT2D eigenvalue weighted by Crippen LogP contribution is 2.32. The van der Waals surface area contributed by atoms with Gasteiger partial charge in [0.25, 0.3) is 0 Å². The monoisotopic (exact) mass is 371 g/mol. The summed E-state index contributed by atoms with van der Waals surface area (Å²) >= 11 is 0. The lowest BCUT2D eigenvalue weighted by Gasteiger charge is -2.34. The molecule has 0 spiro atoms. The van der Waals surface area contributed by atoms with Crippen LogP contribution in [0.4, 0.5) is 18.0 Å². The first-order valence-corrected chi connectivity index (χ1v) is 8.56. The number of nitrogens with zero attached hydrogens (tertiary/aromatic N) is 2. The summed E-state index contributed by atoms with van der Waals surface area (Å²) in [5.41, 5.74) is -0.843. The minimum Gasteiger partial charge on any atom is -0.445 e. The number of hydrogen-bond donors (Lipinski definition) is 0. The van der Waals surface area contributed by atoms with E-state index in [1.807, 2.05) is 6.29 Å². The third kappa shape index (κ3) is 6.01. The van der Waals surface area contributed by atoms with E-state index in [0.29, 0.717) is 32.6 Å². The second-order valence-corrected chi connectivity index (χ2v) is 6.14. The Kier molecular flexibility index (Phi) is 7.44. The number of ether oxygens (including phenoxy) is 1. The summed E-state index contributed by atoms with van der Waals surface area (Å²) in [5, 5.41) is 0. The number of amides is 1. The van der Waals surface area contributed by atoms with Crippen LogP contribution in [0.3, 0.4) is 0 Å². The summed E-state index contributed by atoms with van der Waals surface area (Å²) in [7, 11) is 0. The van der Waals surface area contributed by atoms with Crippen LogP contribution >= 0.6 is 0 Å². The van der Waals surface area contributed by atoms with Crippen LogP contribution < -0.4 is 0 Å². The number of benzene rings is 1. The molecule has 1 radical (unpaired) electrons. The van der Waals surface area contributed by atoms with E-state index in [2.05, 4.69) is 4.90 Å². The van der Waals surface area contributed by atoms with Crippen LogP contribution in [0.25, 0.3) is 0 Å². The van der Waals surface area contributed by atoms with Gasteiger partial charge < -0.3 is 9.64 Å². The number of unbranched alkanes of at least 4 members (excludes halogenated alkanes) is 2. The van der Waals surface area contributed by atoms with Crippen molar-refractivity contribution in [3.05, 3.63) is 35.4 Å². The molecule has 1 aromatic rings. The van der Waals surface area contributed by atoms with Gasteiger partial charge in [-0.25, -0.2) is 4.79 Å². The van der Waals surface area contributed by atoms with Crippen LogP contribution in [0, 0.1) is 0 Å². The third-order valence-corrected chi connectivity index (χ3v) is 4.31. The molecule has 1 aromatic carbocycles. The van der Waals surface area contributed by atoms with Crippen molar-refractivity contribution in [1.82, 2.24) is 9.80 Å². The summed E-state index contributed by atoms with van der Waals surface area (Å²) in [6.45, 7) is 2.75. The summed E-state index contributed by atoms with van der Waals surface area (Å²) in [4.78, 5) is 25.9. The standard InChI is InChI=1S/C18H22F3N2O3/c19-18(20,21)16-7-3-2-6-15(16)14-26-17(25)23-11-9-22(10-12-23)8-4-1-5-13-24/h2-3,6-7H,1,4-5,8-12,14H2. The Morgan fingerprint density at radius 2 is 1.81 bits per heavy atom. The van der Waals surface area contributed by atoms with E-state index in [4.69, 9.17) is 4.74 Å². The van der Waals surface area contributed by atoms with Crippen LogP contribution in [0.15, 0.2) is 24.3 Å². The minimum absolute atomic E-state index is 0.0565. The van der Waals surface area contributed by atoms with Crippen molar-refractivity contribution in [2.24, 2.45) is 0 Å². The van der Waals surface area contributed by atoms with E-state index < -0.39 is 24.4 Å². The highest BCUT2D eigenvalue weighted by molar-refractivity contribution is 5.67. The Morgan fingerprint density at radius 3 is 2.46 bits per heavy atom. The lowest BCUT2D eigenvalue weighted by Crippen LogP contribution is -2.49. The number of carbonyl (C=O) groups is 1. The number of halogens is 3. The number of carbonyl (C=O) groups excluding carboxylic acids is 2. The molecule has 1 amide bonds. The van der Waals surface area contributed by atoms with Crippen molar-refractivity contribution in [3.63, 3.8) is 0 Å². The SMILES string of the molecule is O=[C]CCCCN1CCN(C(=O)OCc2ccccc2C(F)(F)F)CC1. The van der Waals surface area contributed by atoms with Gasteiger partial charge >= 0.3 is 12.3 Å². The van der Waals surface area contributed by atoms with Gasteiger partial charge in [0.05, 0.1) is 5.56 Å². The number of alkyl halides is 3. The molecular formula is C18H22F3N2O3. The van der Waals surface area contributed by atoms with Crippen LogP contribution in [-0.2, 0) is 22.3 Å². The molecule has 0 aromatic heterocycles. The number of piperazine rings is 1. The van der Waals surface area contributed by atoms with E-state index >= 15 is 0 Å². The van der Waals surface area contributed by atoms with Crippen molar-refractivity contribution in [1.29, 1.82) is 0 Å². The molecule has 0 N–H and O–H groups in total. The minimum atomic E-state index is -4.48. The molecule has 1 heterocycles. The first-order chi connectivity index (χ1) is 12.4. The van der Waals surface area contributed by atoms with Crippen molar-refractivity contribution in [2.75, 3.05) is 32.7 Å². The van der Waals surface area contributed by atoms with Gasteiger partial charge in [-0.3, -0.25) is 9.69 Å². The van der Waals surface area contributed by atoms with E-state index in [1.54, 1.807) is 0 Å². The lowest BCUT2D eigenvalue weighted by molar-refractivity contribution is -0.138. The molecular weight excluding hydrogens is 349 g/mol. The molecule has 5 nitrogen and oxygen atoms in total. The molecule has 26 heavy (non-hydrogen) atoms. The Labute approximate surface area is 150 Å². The zero-order chi connectivity index (χ0) is 19.0. The molecule has 1 aliphatic rings. The van der Waals surface area contributed by atoms with Gasteiger partial charge in [0.2, 0.25) is 0 Å². The van der Waals surface area contributed by atoms with Crippen LogP contribution in [0.5, 0.6) is 0 Å². The molecule has 143 valence electrons. The molecule has 0 saturated carbocycles. The topological polar surface area (TPSA) is 49.9 Å². The van der Waals surface area contributed by atoms with Gasteiger partial charge in [0.1, 0.15) is 6.61 Å². The largest absolute Gasteiger partial charge is 0.445 e. The van der Waals surface area contributed by atoms with Gasteiger partial charge in [0, 0.05) is 38.2 Å². The summed E-state index contributed by atoms with van der Waals surface area (Å²) < 4.78 is 43.9. The predicted octanol–water partition coefficient (Wildman–Crippen LogP) is 3.24. The zero-order valence-electron chi connectivity index (χ0n) is 14.4. The number of rotatable bonds is 7. The molecule has 0 aliphatic carbocycles. The van der Waals surface area contributed by atoms with Gasteiger partial charge in [-0.15, -0.1) is 0 Å². The molecule has 0 bridgehead atoms. The van der Waals surface area contributed by atoms with E-state index in [-0.39, 0.29) is 5.56 Å². The molecule has 8 heteroatoms. The van der Waals surface area contributed by atoms with Gasteiger partial charge in [0.15, 0.2) is 6.29 Å². The maximum Gasteiger partial charge on any atom is 0.416 e. The van der Waals surface area contributed by atoms with Crippen LogP contribution in [0.1, 0.15) is 30.4 Å². The van der Waals surface area contributed by atoms with Gasteiger partial charge in [-0.1, -0.05) is 18.2 Å². The van der Waals surface area contributed by atoms with Crippen LogP contribution in [0.2, 0.25) is 0 Å². The molecule has 0 atom stereocenters. The second kappa shape index (κ2) is 9.56.